The van der Waals surface area contributed by atoms with Gasteiger partial charge in [-0.25, -0.2) is 9.98 Å². The van der Waals surface area contributed by atoms with Gasteiger partial charge in [-0.05, 0) is 0 Å². The Labute approximate surface area is 131 Å². The van der Waals surface area contributed by atoms with Crippen molar-refractivity contribution in [3.05, 3.63) is 16.7 Å². The van der Waals surface area contributed by atoms with Gasteiger partial charge in [-0.1, -0.05) is 0 Å². The summed E-state index contributed by atoms with van der Waals surface area (Å²) < 4.78 is 7.14. The van der Waals surface area contributed by atoms with Crippen LogP contribution in [-0.2, 0) is 4.74 Å². The van der Waals surface area contributed by atoms with Crippen LogP contribution < -0.4 is 5.56 Å². The van der Waals surface area contributed by atoms with E-state index in [4.69, 9.17) is 4.74 Å². The second-order valence-corrected chi connectivity index (χ2v) is 5.54. The molecule has 1 aliphatic rings. The van der Waals surface area contributed by atoms with E-state index in [2.05, 4.69) is 19.9 Å². The average molecular weight is 322 g/mol. The molecule has 23 heavy (non-hydrogen) atoms. The molecule has 0 aromatic carbocycles. The smallest absolute Gasteiger partial charge is 0.280 e. The standard InChI is InChI=1S/C13H18N6O4/c1-18(2)5-15-13-16-11-10(12(22)17-13)14-6-19(11)9-3-7(21)8(4-20)23-9/h5-9,20-21H,3-4H2,1-2H3,(H,16,17,22)/t7-,8+,9-/m1/s1. The second-order valence-electron chi connectivity index (χ2n) is 5.54. The number of nitrogens with zero attached hydrogens (tertiary/aromatic N) is 5. The van der Waals surface area contributed by atoms with Crippen LogP contribution in [0.2, 0.25) is 0 Å². The maximum atomic E-state index is 12.1. The normalized spacial score (nSPS) is 24.8. The molecule has 1 aliphatic heterocycles. The Balaban J connectivity index is 2.00. The van der Waals surface area contributed by atoms with Crippen LogP contribution in [0.15, 0.2) is 16.1 Å². The Morgan fingerprint density at radius 2 is 2.39 bits per heavy atom. The van der Waals surface area contributed by atoms with Crippen LogP contribution in [-0.4, -0.2) is 73.9 Å². The van der Waals surface area contributed by atoms with E-state index in [1.54, 1.807) is 23.6 Å². The van der Waals surface area contributed by atoms with Crippen molar-refractivity contribution >= 4 is 23.5 Å². The zero-order valence-corrected chi connectivity index (χ0v) is 12.7. The number of H-pyrrole nitrogens is 1. The molecule has 3 heterocycles. The van der Waals surface area contributed by atoms with E-state index >= 15 is 0 Å². The Morgan fingerprint density at radius 1 is 1.61 bits per heavy atom. The minimum absolute atomic E-state index is 0.148. The van der Waals surface area contributed by atoms with Crippen molar-refractivity contribution in [1.82, 2.24) is 24.4 Å². The van der Waals surface area contributed by atoms with Crippen molar-refractivity contribution in [2.45, 2.75) is 24.9 Å². The Hall–Kier alpha value is -2.30. The van der Waals surface area contributed by atoms with E-state index in [9.17, 15) is 15.0 Å². The molecule has 0 bridgehead atoms. The topological polar surface area (TPSA) is 129 Å². The predicted molar refractivity (Wildman–Crippen MR) is 81.6 cm³/mol. The first kappa shape index (κ1) is 15.6. The maximum Gasteiger partial charge on any atom is 0.280 e. The van der Waals surface area contributed by atoms with Gasteiger partial charge in [-0.3, -0.25) is 14.3 Å². The largest absolute Gasteiger partial charge is 0.394 e. The van der Waals surface area contributed by atoms with E-state index in [0.29, 0.717) is 5.65 Å². The number of aromatic amines is 1. The van der Waals surface area contributed by atoms with Crippen LogP contribution in [0.25, 0.3) is 11.2 Å². The number of hydrogen-bond acceptors (Lipinski definition) is 7. The highest BCUT2D eigenvalue weighted by Gasteiger charge is 2.35. The molecule has 0 saturated carbocycles. The number of aliphatic imine (C=N–C) groups is 1. The Bertz CT molecular complexity index is 782. The number of ether oxygens (including phenoxy) is 1. The van der Waals surface area contributed by atoms with E-state index in [1.165, 1.54) is 12.7 Å². The molecule has 0 amide bonds. The summed E-state index contributed by atoms with van der Waals surface area (Å²) in [5, 5.41) is 19.0. The van der Waals surface area contributed by atoms with Crippen molar-refractivity contribution in [2.24, 2.45) is 4.99 Å². The number of aliphatic hydroxyl groups is 2. The zero-order valence-electron chi connectivity index (χ0n) is 12.7. The molecule has 3 atom stereocenters. The van der Waals surface area contributed by atoms with E-state index in [0.717, 1.165) is 0 Å². The number of aliphatic hydroxyl groups excluding tert-OH is 2. The van der Waals surface area contributed by atoms with Crippen molar-refractivity contribution in [2.75, 3.05) is 20.7 Å². The zero-order chi connectivity index (χ0) is 16.6. The third-order valence-electron chi connectivity index (χ3n) is 3.53. The van der Waals surface area contributed by atoms with Gasteiger partial charge in [0.2, 0.25) is 5.95 Å². The fourth-order valence-corrected chi connectivity index (χ4v) is 2.41. The molecule has 0 unspecified atom stereocenters. The lowest BCUT2D eigenvalue weighted by Crippen LogP contribution is -2.24. The molecule has 0 spiro atoms. The highest BCUT2D eigenvalue weighted by molar-refractivity contribution is 5.71. The Morgan fingerprint density at radius 3 is 3.04 bits per heavy atom. The first-order valence-corrected chi connectivity index (χ1v) is 7.11. The quantitative estimate of drug-likeness (QED) is 0.485. The fraction of sp³-hybridized carbons (Fsp3) is 0.538. The summed E-state index contributed by atoms with van der Waals surface area (Å²) in [5.74, 6) is 0.148. The third-order valence-corrected chi connectivity index (χ3v) is 3.53. The Kier molecular flexibility index (Phi) is 4.11. The number of rotatable bonds is 4. The molecule has 1 saturated heterocycles. The van der Waals surface area contributed by atoms with Crippen LogP contribution in [0.3, 0.4) is 0 Å². The van der Waals surface area contributed by atoms with Gasteiger partial charge in [0.1, 0.15) is 12.3 Å². The van der Waals surface area contributed by atoms with Crippen LogP contribution in [0, 0.1) is 0 Å². The van der Waals surface area contributed by atoms with Gasteiger partial charge in [0.05, 0.1) is 25.4 Å². The molecule has 0 aliphatic carbocycles. The molecule has 2 aromatic rings. The maximum absolute atomic E-state index is 12.1. The van der Waals surface area contributed by atoms with E-state index < -0.39 is 24.0 Å². The lowest BCUT2D eigenvalue weighted by atomic mass is 10.2. The van der Waals surface area contributed by atoms with Gasteiger partial charge in [0.15, 0.2) is 11.2 Å². The summed E-state index contributed by atoms with van der Waals surface area (Å²) >= 11 is 0. The average Bonchev–Trinajstić information content (AvgIpc) is 3.08. The fourth-order valence-electron chi connectivity index (χ4n) is 2.41. The molecular formula is C13H18N6O4. The second kappa shape index (κ2) is 6.07. The van der Waals surface area contributed by atoms with Gasteiger partial charge in [0.25, 0.3) is 5.56 Å². The highest BCUT2D eigenvalue weighted by atomic mass is 16.5. The van der Waals surface area contributed by atoms with Crippen molar-refractivity contribution in [1.29, 1.82) is 0 Å². The number of fused-ring (bicyclic) bond motifs is 1. The van der Waals surface area contributed by atoms with E-state index in [-0.39, 0.29) is 24.5 Å². The molecule has 3 N–H and O–H groups in total. The summed E-state index contributed by atoms with van der Waals surface area (Å²) in [4.78, 5) is 28.7. The highest BCUT2D eigenvalue weighted by Crippen LogP contribution is 2.30. The predicted octanol–water partition coefficient (Wildman–Crippen LogP) is -1.02. The molecule has 124 valence electrons. The van der Waals surface area contributed by atoms with Gasteiger partial charge in [0, 0.05) is 20.5 Å². The summed E-state index contributed by atoms with van der Waals surface area (Å²) in [6.07, 6.45) is 1.24. The monoisotopic (exact) mass is 322 g/mol. The van der Waals surface area contributed by atoms with Crippen LogP contribution in [0.4, 0.5) is 5.95 Å². The summed E-state index contributed by atoms with van der Waals surface area (Å²) in [5.41, 5.74) is 0.0756. The molecule has 2 aromatic heterocycles. The lowest BCUT2D eigenvalue weighted by Gasteiger charge is -2.13. The van der Waals surface area contributed by atoms with Gasteiger partial charge in [-0.15, -0.1) is 0 Å². The van der Waals surface area contributed by atoms with Crippen molar-refractivity contribution in [3.8, 4) is 0 Å². The number of aromatic nitrogens is 4. The molecule has 10 heteroatoms. The molecule has 3 rings (SSSR count). The minimum Gasteiger partial charge on any atom is -0.394 e. The van der Waals surface area contributed by atoms with Crippen molar-refractivity contribution < 1.29 is 14.9 Å². The molecule has 0 radical (unpaired) electrons. The minimum atomic E-state index is -0.782. The summed E-state index contributed by atoms with van der Waals surface area (Å²) in [7, 11) is 3.60. The number of imidazole rings is 1. The molecular weight excluding hydrogens is 304 g/mol. The van der Waals surface area contributed by atoms with Crippen LogP contribution in [0.1, 0.15) is 12.6 Å². The number of hydrogen-bond donors (Lipinski definition) is 3. The first-order valence-electron chi connectivity index (χ1n) is 7.11. The summed E-state index contributed by atoms with van der Waals surface area (Å²) in [6, 6.07) is 0. The third kappa shape index (κ3) is 2.96. The number of nitrogens with one attached hydrogen (secondary N) is 1. The van der Waals surface area contributed by atoms with Gasteiger partial charge < -0.3 is 19.8 Å². The van der Waals surface area contributed by atoms with Gasteiger partial charge in [-0.2, -0.15) is 4.98 Å². The van der Waals surface area contributed by atoms with Crippen LogP contribution >= 0.6 is 0 Å². The molecule has 1 fully saturated rings. The first-order chi connectivity index (χ1) is 11.0. The van der Waals surface area contributed by atoms with Crippen molar-refractivity contribution in [3.63, 3.8) is 0 Å². The summed E-state index contributed by atoms with van der Waals surface area (Å²) in [6.45, 7) is -0.281. The van der Waals surface area contributed by atoms with Gasteiger partial charge >= 0.3 is 0 Å². The molecule has 10 nitrogen and oxygen atoms in total. The van der Waals surface area contributed by atoms with Crippen LogP contribution in [0.5, 0.6) is 0 Å². The SMILES string of the molecule is CN(C)C=Nc1nc2c(ncn2[C@H]2C[C@@H](O)[C@H](CO)O2)c(=O)[nH]1. The lowest BCUT2D eigenvalue weighted by molar-refractivity contribution is -0.0432. The van der Waals surface area contributed by atoms with E-state index in [1.807, 2.05) is 0 Å².